The lowest BCUT2D eigenvalue weighted by Gasteiger charge is -2.01. The molecule has 3 rings (SSSR count). The Labute approximate surface area is 102 Å². The zero-order chi connectivity index (χ0) is 12.5. The predicted molar refractivity (Wildman–Crippen MR) is 70.3 cm³/mol. The van der Waals surface area contributed by atoms with E-state index in [-0.39, 0.29) is 10.4 Å². The van der Waals surface area contributed by atoms with Gasteiger partial charge in [-0.1, -0.05) is 30.3 Å². The Bertz CT molecular complexity index is 928. The number of benzene rings is 3. The fraction of sp³-hybridized carbons (Fsp3) is 0. The molecule has 0 amide bonds. The molecule has 0 N–H and O–H groups in total. The van der Waals surface area contributed by atoms with Gasteiger partial charge in [-0.15, -0.1) is 0 Å². The third kappa shape index (κ3) is 1.46. The molecule has 0 fully saturated rings. The van der Waals surface area contributed by atoms with Crippen molar-refractivity contribution in [3.05, 3.63) is 59.0 Å². The quantitative estimate of drug-likeness (QED) is 0.542. The Balaban J connectivity index is 2.68. The van der Waals surface area contributed by atoms with Crippen LogP contribution in [0.1, 0.15) is 0 Å². The zero-order valence-electron chi connectivity index (χ0n) is 9.44. The van der Waals surface area contributed by atoms with Crippen LogP contribution in [0.2, 0.25) is 0 Å². The molecule has 0 bridgehead atoms. The van der Waals surface area contributed by atoms with Gasteiger partial charge in [0.15, 0.2) is 0 Å². The van der Waals surface area contributed by atoms with Gasteiger partial charge in [-0.3, -0.25) is 0 Å². The van der Waals surface area contributed by atoms with E-state index >= 15 is 0 Å². The van der Waals surface area contributed by atoms with Crippen LogP contribution in [-0.2, 0) is 9.59 Å². The first-order valence-electron chi connectivity index (χ1n) is 5.55. The Morgan fingerprint density at radius 3 is 2.11 bits per heavy atom. The number of fused-ring (bicyclic) bond motifs is 2. The van der Waals surface area contributed by atoms with Crippen molar-refractivity contribution < 1.29 is 9.59 Å². The molecule has 3 aromatic carbocycles. The first-order chi connectivity index (χ1) is 8.83. The normalized spacial score (nSPS) is 10.2. The van der Waals surface area contributed by atoms with E-state index < -0.39 is 0 Å². The van der Waals surface area contributed by atoms with E-state index in [1.54, 1.807) is 12.0 Å². The molecule has 2 nitrogen and oxygen atoms in total. The van der Waals surface area contributed by atoms with Crippen molar-refractivity contribution in [1.82, 2.24) is 0 Å². The van der Waals surface area contributed by atoms with E-state index in [0.717, 1.165) is 21.5 Å². The molecule has 0 aliphatic rings. The van der Waals surface area contributed by atoms with Crippen LogP contribution in [0.5, 0.6) is 0 Å². The fourth-order valence-electron chi connectivity index (χ4n) is 2.21. The lowest BCUT2D eigenvalue weighted by Crippen LogP contribution is -2.27. The third-order valence-electron chi connectivity index (χ3n) is 3.10. The van der Waals surface area contributed by atoms with Crippen molar-refractivity contribution >= 4 is 33.4 Å². The minimum atomic E-state index is 0.257. The van der Waals surface area contributed by atoms with Gasteiger partial charge in [0.1, 0.15) is 11.9 Å². The summed E-state index contributed by atoms with van der Waals surface area (Å²) >= 11 is 0. The molecule has 2 heteroatoms. The lowest BCUT2D eigenvalue weighted by atomic mass is 10.0. The summed E-state index contributed by atoms with van der Waals surface area (Å²) in [5.41, 5.74) is 0. The van der Waals surface area contributed by atoms with Crippen LogP contribution < -0.4 is 10.4 Å². The van der Waals surface area contributed by atoms with E-state index in [0.29, 0.717) is 0 Å². The average Bonchev–Trinajstić information content (AvgIpc) is 2.43. The van der Waals surface area contributed by atoms with Crippen molar-refractivity contribution in [2.45, 2.75) is 0 Å². The van der Waals surface area contributed by atoms with Crippen molar-refractivity contribution in [2.75, 3.05) is 0 Å². The van der Waals surface area contributed by atoms with Crippen LogP contribution in [-0.4, -0.2) is 11.9 Å². The van der Waals surface area contributed by atoms with Crippen molar-refractivity contribution in [2.24, 2.45) is 0 Å². The first-order valence-corrected chi connectivity index (χ1v) is 5.55. The second kappa shape index (κ2) is 3.97. The SMILES string of the molecule is O=C=c1ccc2cc3ccccc3cc2c1=C=O. The second-order valence-corrected chi connectivity index (χ2v) is 4.11. The zero-order valence-corrected chi connectivity index (χ0v) is 9.44. The van der Waals surface area contributed by atoms with Gasteiger partial charge in [0.2, 0.25) is 0 Å². The van der Waals surface area contributed by atoms with Crippen LogP contribution in [0, 0.1) is 0 Å². The standard InChI is InChI=1S/C16H8O2/c17-9-14-6-5-13-7-11-3-1-2-4-12(11)8-15(13)16(14)10-18/h1-8H. The summed E-state index contributed by atoms with van der Waals surface area (Å²) in [5.74, 6) is 3.62. The summed E-state index contributed by atoms with van der Waals surface area (Å²) in [5, 5.41) is 4.34. The molecule has 0 atom stereocenters. The Morgan fingerprint density at radius 2 is 1.44 bits per heavy atom. The summed E-state index contributed by atoms with van der Waals surface area (Å²) in [6.07, 6.45) is 0. The van der Waals surface area contributed by atoms with E-state index in [1.165, 1.54) is 0 Å². The maximum Gasteiger partial charge on any atom is 0.134 e. The first kappa shape index (κ1) is 10.5. The monoisotopic (exact) mass is 232 g/mol. The van der Waals surface area contributed by atoms with Gasteiger partial charge < -0.3 is 0 Å². The molecular weight excluding hydrogens is 224 g/mol. The van der Waals surface area contributed by atoms with E-state index in [4.69, 9.17) is 0 Å². The number of hydrogen-bond acceptors (Lipinski definition) is 2. The molecular formula is C16H8O2. The van der Waals surface area contributed by atoms with Crippen molar-refractivity contribution in [3.8, 4) is 0 Å². The maximum atomic E-state index is 11.0. The molecule has 0 saturated carbocycles. The molecule has 3 aromatic rings. The molecule has 0 heterocycles. The summed E-state index contributed by atoms with van der Waals surface area (Å²) in [7, 11) is 0. The van der Waals surface area contributed by atoms with Gasteiger partial charge in [-0.25, -0.2) is 9.59 Å². The topological polar surface area (TPSA) is 34.1 Å². The molecule has 0 aromatic heterocycles. The fourth-order valence-corrected chi connectivity index (χ4v) is 2.21. The molecule has 0 aliphatic carbocycles. The van der Waals surface area contributed by atoms with Crippen LogP contribution in [0.4, 0.5) is 0 Å². The highest BCUT2D eigenvalue weighted by Gasteiger charge is 2.01. The van der Waals surface area contributed by atoms with Gasteiger partial charge in [0.05, 0.1) is 10.4 Å². The third-order valence-corrected chi connectivity index (χ3v) is 3.10. The molecule has 84 valence electrons. The predicted octanol–water partition coefficient (Wildman–Crippen LogP) is 0.999. The summed E-state index contributed by atoms with van der Waals surface area (Å²) in [6, 6.07) is 15.2. The summed E-state index contributed by atoms with van der Waals surface area (Å²) < 4.78 is 0. The van der Waals surface area contributed by atoms with Crippen LogP contribution in [0.15, 0.2) is 48.5 Å². The Hall–Kier alpha value is -2.66. The van der Waals surface area contributed by atoms with E-state index in [9.17, 15) is 9.59 Å². The summed E-state index contributed by atoms with van der Waals surface area (Å²) in [4.78, 5) is 21.8. The van der Waals surface area contributed by atoms with Gasteiger partial charge >= 0.3 is 0 Å². The largest absolute Gasteiger partial charge is 0.233 e. The number of carbonyl (C=O) groups excluding carboxylic acids is 2. The molecule has 0 radical (unpaired) electrons. The highest BCUT2D eigenvalue weighted by atomic mass is 16.1. The van der Waals surface area contributed by atoms with Crippen LogP contribution in [0.3, 0.4) is 0 Å². The van der Waals surface area contributed by atoms with Gasteiger partial charge in [0, 0.05) is 5.39 Å². The highest BCUT2D eigenvalue weighted by Crippen LogP contribution is 2.19. The second-order valence-electron chi connectivity index (χ2n) is 4.11. The van der Waals surface area contributed by atoms with Gasteiger partial charge in [-0.05, 0) is 34.4 Å². The van der Waals surface area contributed by atoms with Crippen LogP contribution >= 0.6 is 0 Å². The van der Waals surface area contributed by atoms with Gasteiger partial charge in [0.25, 0.3) is 0 Å². The van der Waals surface area contributed by atoms with Gasteiger partial charge in [-0.2, -0.15) is 0 Å². The van der Waals surface area contributed by atoms with E-state index in [1.807, 2.05) is 48.4 Å². The van der Waals surface area contributed by atoms with Crippen LogP contribution in [0.25, 0.3) is 21.5 Å². The van der Waals surface area contributed by atoms with E-state index in [2.05, 4.69) is 0 Å². The molecule has 0 saturated heterocycles. The maximum absolute atomic E-state index is 11.0. The smallest absolute Gasteiger partial charge is 0.134 e. The molecule has 18 heavy (non-hydrogen) atoms. The number of rotatable bonds is 0. The summed E-state index contributed by atoms with van der Waals surface area (Å²) in [6.45, 7) is 0. The molecule has 0 unspecified atom stereocenters. The molecule has 0 spiro atoms. The average molecular weight is 232 g/mol. The van der Waals surface area contributed by atoms with Crippen molar-refractivity contribution in [1.29, 1.82) is 0 Å². The minimum Gasteiger partial charge on any atom is -0.233 e. The Morgan fingerprint density at radius 1 is 0.722 bits per heavy atom. The highest BCUT2D eigenvalue weighted by molar-refractivity contribution is 5.99. The number of hydrogen-bond donors (Lipinski definition) is 0. The molecule has 0 aliphatic heterocycles. The minimum absolute atomic E-state index is 0.257. The lowest BCUT2D eigenvalue weighted by molar-refractivity contribution is 0.564. The van der Waals surface area contributed by atoms with Crippen molar-refractivity contribution in [3.63, 3.8) is 0 Å². The Kier molecular flexibility index (Phi) is 2.32.